The van der Waals surface area contributed by atoms with Crippen LogP contribution < -0.4 is 0 Å². The molecule has 0 spiro atoms. The van der Waals surface area contributed by atoms with Crippen molar-refractivity contribution >= 4 is 16.8 Å². The quantitative estimate of drug-likeness (QED) is 0.800. The summed E-state index contributed by atoms with van der Waals surface area (Å²) in [7, 11) is 1.60. The molecule has 0 unspecified atom stereocenters. The lowest BCUT2D eigenvalue weighted by Crippen LogP contribution is -2.46. The molecular formula is C20H26N2O4. The van der Waals surface area contributed by atoms with E-state index in [1.165, 1.54) is 0 Å². The summed E-state index contributed by atoms with van der Waals surface area (Å²) in [5.41, 5.74) is 1.88. The number of rotatable bonds is 6. The number of fused-ring (bicyclic) bond motifs is 1. The third-order valence-electron chi connectivity index (χ3n) is 4.97. The molecule has 1 N–H and O–H groups in total. The van der Waals surface area contributed by atoms with Gasteiger partial charge in [0, 0.05) is 31.3 Å². The van der Waals surface area contributed by atoms with Crippen LogP contribution in [0.4, 0.5) is 0 Å². The minimum Gasteiger partial charge on any atom is -0.385 e. The van der Waals surface area contributed by atoms with Gasteiger partial charge in [0.25, 0.3) is 0 Å². The summed E-state index contributed by atoms with van der Waals surface area (Å²) in [6.45, 7) is 3.95. The number of ether oxygens (including phenoxy) is 2. The Kier molecular flexibility index (Phi) is 5.86. The number of piperidine rings is 1. The summed E-state index contributed by atoms with van der Waals surface area (Å²) in [6, 6.07) is 9.91. The van der Waals surface area contributed by atoms with Crippen LogP contribution in [0.1, 0.15) is 24.1 Å². The van der Waals surface area contributed by atoms with Crippen LogP contribution in [0.2, 0.25) is 0 Å². The van der Waals surface area contributed by atoms with E-state index < -0.39 is 5.60 Å². The highest BCUT2D eigenvalue weighted by Crippen LogP contribution is 2.34. The fraction of sp³-hybridized carbons (Fsp3) is 0.500. The second kappa shape index (κ2) is 8.12. The van der Waals surface area contributed by atoms with E-state index in [1.54, 1.807) is 12.0 Å². The molecule has 1 saturated heterocycles. The maximum Gasteiger partial charge on any atom is 0.248 e. The maximum absolute atomic E-state index is 12.2. The number of aromatic nitrogens is 1. The Bertz CT molecular complexity index is 769. The van der Waals surface area contributed by atoms with Crippen molar-refractivity contribution in [3.8, 4) is 0 Å². The fourth-order valence-electron chi connectivity index (χ4n) is 3.32. The number of aliphatic hydroxyl groups is 1. The van der Waals surface area contributed by atoms with Gasteiger partial charge in [0.2, 0.25) is 5.91 Å². The zero-order valence-electron chi connectivity index (χ0n) is 15.4. The smallest absolute Gasteiger partial charge is 0.248 e. The van der Waals surface area contributed by atoms with E-state index >= 15 is 0 Å². The Morgan fingerprint density at radius 2 is 2.00 bits per heavy atom. The molecular weight excluding hydrogens is 332 g/mol. The van der Waals surface area contributed by atoms with E-state index in [0.717, 1.165) is 22.2 Å². The molecule has 0 aliphatic carbocycles. The molecule has 1 aromatic heterocycles. The van der Waals surface area contributed by atoms with Crippen LogP contribution >= 0.6 is 0 Å². The summed E-state index contributed by atoms with van der Waals surface area (Å²) in [5, 5.41) is 12.1. The first-order valence-corrected chi connectivity index (χ1v) is 8.96. The average molecular weight is 358 g/mol. The number of carbonyl (C=O) groups is 1. The van der Waals surface area contributed by atoms with E-state index in [1.807, 2.05) is 37.3 Å². The zero-order valence-corrected chi connectivity index (χ0v) is 15.4. The van der Waals surface area contributed by atoms with Gasteiger partial charge in [0.05, 0.1) is 24.3 Å². The number of nitrogens with zero attached hydrogens (tertiary/aromatic N) is 2. The first kappa shape index (κ1) is 18.8. The van der Waals surface area contributed by atoms with E-state index in [2.05, 4.69) is 4.98 Å². The van der Waals surface area contributed by atoms with Gasteiger partial charge in [-0.15, -0.1) is 0 Å². The summed E-state index contributed by atoms with van der Waals surface area (Å²) in [5.74, 6) is -0.0404. The largest absolute Gasteiger partial charge is 0.385 e. The van der Waals surface area contributed by atoms with Crippen LogP contribution in [0.15, 0.2) is 30.3 Å². The molecule has 1 aliphatic rings. The topological polar surface area (TPSA) is 71.9 Å². The molecule has 0 saturated carbocycles. The number of aryl methyl sites for hydroxylation is 1. The first-order valence-electron chi connectivity index (χ1n) is 8.96. The van der Waals surface area contributed by atoms with E-state index in [4.69, 9.17) is 9.47 Å². The summed E-state index contributed by atoms with van der Waals surface area (Å²) in [6.07, 6.45) is 1.03. The van der Waals surface area contributed by atoms with Crippen LogP contribution in [0.3, 0.4) is 0 Å². The Morgan fingerprint density at radius 1 is 1.23 bits per heavy atom. The van der Waals surface area contributed by atoms with Gasteiger partial charge in [-0.3, -0.25) is 9.78 Å². The predicted molar refractivity (Wildman–Crippen MR) is 98.9 cm³/mol. The highest BCUT2D eigenvalue weighted by molar-refractivity contribution is 5.80. The van der Waals surface area contributed by atoms with Gasteiger partial charge < -0.3 is 19.5 Å². The molecule has 2 aromatic rings. The lowest BCUT2D eigenvalue weighted by Gasteiger charge is -2.38. The van der Waals surface area contributed by atoms with Crippen molar-refractivity contribution in [2.45, 2.75) is 25.4 Å². The number of likely N-dealkylation sites (tertiary alicyclic amines) is 1. The zero-order chi connectivity index (χ0) is 18.6. The van der Waals surface area contributed by atoms with Crippen LogP contribution in [-0.2, 0) is 19.9 Å². The minimum atomic E-state index is -0.910. The Balaban J connectivity index is 1.62. The van der Waals surface area contributed by atoms with Crippen LogP contribution in [0.5, 0.6) is 0 Å². The maximum atomic E-state index is 12.2. The Labute approximate surface area is 153 Å². The highest BCUT2D eigenvalue weighted by Gasteiger charge is 2.35. The first-order chi connectivity index (χ1) is 12.5. The third-order valence-corrected chi connectivity index (χ3v) is 4.97. The van der Waals surface area contributed by atoms with Crippen molar-refractivity contribution < 1.29 is 19.4 Å². The lowest BCUT2D eigenvalue weighted by molar-refractivity contribution is -0.141. The van der Waals surface area contributed by atoms with Gasteiger partial charge in [-0.1, -0.05) is 12.1 Å². The Hall–Kier alpha value is -2.02. The SMILES string of the molecule is COCCOCC(=O)N1CCC(O)(c2ccc3nc(C)ccc3c2)CC1. The molecule has 0 bridgehead atoms. The monoisotopic (exact) mass is 358 g/mol. The third kappa shape index (κ3) is 4.20. The van der Waals surface area contributed by atoms with Crippen molar-refractivity contribution in [3.63, 3.8) is 0 Å². The number of methoxy groups -OCH3 is 1. The molecule has 1 aromatic carbocycles. The van der Waals surface area contributed by atoms with E-state index in [-0.39, 0.29) is 12.5 Å². The number of hydrogen-bond donors (Lipinski definition) is 1. The number of pyridine rings is 1. The summed E-state index contributed by atoms with van der Waals surface area (Å²) >= 11 is 0. The van der Waals surface area contributed by atoms with Gasteiger partial charge in [0.15, 0.2) is 0 Å². The summed E-state index contributed by atoms with van der Waals surface area (Å²) < 4.78 is 10.2. The summed E-state index contributed by atoms with van der Waals surface area (Å²) in [4.78, 5) is 18.4. The number of hydrogen-bond acceptors (Lipinski definition) is 5. The number of carbonyl (C=O) groups excluding carboxylic acids is 1. The van der Waals surface area contributed by atoms with Gasteiger partial charge in [-0.25, -0.2) is 0 Å². The normalized spacial score (nSPS) is 16.8. The molecule has 2 heterocycles. The van der Waals surface area contributed by atoms with Crippen molar-refractivity contribution in [2.24, 2.45) is 0 Å². The van der Waals surface area contributed by atoms with Gasteiger partial charge in [0.1, 0.15) is 6.61 Å². The van der Waals surface area contributed by atoms with Crippen molar-refractivity contribution in [1.29, 1.82) is 0 Å². The van der Waals surface area contributed by atoms with Gasteiger partial charge in [-0.2, -0.15) is 0 Å². The van der Waals surface area contributed by atoms with Crippen molar-refractivity contribution in [1.82, 2.24) is 9.88 Å². The standard InChI is InChI=1S/C20H26N2O4/c1-15-3-4-16-13-17(5-6-18(16)21-15)20(24)7-9-22(10-8-20)19(23)14-26-12-11-25-2/h3-6,13,24H,7-12,14H2,1-2H3. The molecule has 1 fully saturated rings. The van der Waals surface area contributed by atoms with Crippen molar-refractivity contribution in [2.75, 3.05) is 40.0 Å². The molecule has 6 nitrogen and oxygen atoms in total. The molecule has 1 aliphatic heterocycles. The lowest BCUT2D eigenvalue weighted by atomic mass is 9.84. The van der Waals surface area contributed by atoms with Gasteiger partial charge >= 0.3 is 0 Å². The second-order valence-electron chi connectivity index (χ2n) is 6.82. The van der Waals surface area contributed by atoms with Gasteiger partial charge in [-0.05, 0) is 43.5 Å². The minimum absolute atomic E-state index is 0.0404. The molecule has 140 valence electrons. The van der Waals surface area contributed by atoms with Crippen molar-refractivity contribution in [3.05, 3.63) is 41.6 Å². The van der Waals surface area contributed by atoms with Crippen LogP contribution in [0, 0.1) is 6.92 Å². The predicted octanol–water partition coefficient (Wildman–Crippen LogP) is 2.02. The van der Waals surface area contributed by atoms with E-state index in [0.29, 0.717) is 39.1 Å². The Morgan fingerprint density at radius 3 is 2.73 bits per heavy atom. The van der Waals surface area contributed by atoms with Crippen LogP contribution in [-0.4, -0.2) is 60.9 Å². The second-order valence-corrected chi connectivity index (χ2v) is 6.82. The fourth-order valence-corrected chi connectivity index (χ4v) is 3.32. The van der Waals surface area contributed by atoms with E-state index in [9.17, 15) is 9.90 Å². The average Bonchev–Trinajstić information content (AvgIpc) is 2.65. The molecule has 1 amide bonds. The molecule has 0 atom stereocenters. The molecule has 26 heavy (non-hydrogen) atoms. The number of amides is 1. The molecule has 0 radical (unpaired) electrons. The molecule has 6 heteroatoms. The van der Waals surface area contributed by atoms with Crippen LogP contribution in [0.25, 0.3) is 10.9 Å². The highest BCUT2D eigenvalue weighted by atomic mass is 16.5. The molecule has 3 rings (SSSR count). The number of benzene rings is 1.